The Kier molecular flexibility index (Phi) is 6.97. The molecule has 0 aromatic heterocycles. The first kappa shape index (κ1) is 19.0. The van der Waals surface area contributed by atoms with Crippen molar-refractivity contribution in [3.63, 3.8) is 0 Å². The van der Waals surface area contributed by atoms with Gasteiger partial charge >= 0.3 is 11.9 Å². The molecule has 0 fully saturated rings. The van der Waals surface area contributed by atoms with E-state index in [9.17, 15) is 9.59 Å². The highest BCUT2D eigenvalue weighted by Gasteiger charge is 2.39. The second-order valence-corrected chi connectivity index (χ2v) is 3.41. The maximum absolute atomic E-state index is 9.80. The number of hydrogen-bond donors (Lipinski definition) is 8. The molecule has 10 heteroatoms. The fourth-order valence-electron chi connectivity index (χ4n) is 0.357. The standard InChI is InChI=1S/2C4H8O5/c2*1-2(5)4(8,9)3(6)7/h2*2,5,8-9H,1H3,(H,6,7). The molecule has 0 bridgehead atoms. The van der Waals surface area contributed by atoms with Crippen LogP contribution in [0.5, 0.6) is 0 Å². The Balaban J connectivity index is 0. The summed E-state index contributed by atoms with van der Waals surface area (Å²) >= 11 is 0. The SMILES string of the molecule is CC(O)C(O)(O)C(=O)O.CC(O)C(O)(O)C(=O)O. The number of carboxylic acids is 2. The number of aliphatic carboxylic acids is 2. The van der Waals surface area contributed by atoms with Gasteiger partial charge in [0.1, 0.15) is 12.2 Å². The molecule has 0 heterocycles. The van der Waals surface area contributed by atoms with Crippen LogP contribution in [0.3, 0.4) is 0 Å². The molecule has 0 aliphatic rings. The zero-order chi connectivity index (χ0) is 15.3. The Bertz CT molecular complexity index is 262. The molecule has 0 aliphatic heterocycles. The van der Waals surface area contributed by atoms with Gasteiger partial charge in [-0.3, -0.25) is 0 Å². The summed E-state index contributed by atoms with van der Waals surface area (Å²) in [5.74, 6) is -9.78. The molecule has 0 spiro atoms. The summed E-state index contributed by atoms with van der Waals surface area (Å²) in [6.45, 7) is 1.93. The van der Waals surface area contributed by atoms with Crippen LogP contribution < -0.4 is 0 Å². The van der Waals surface area contributed by atoms with Gasteiger partial charge in [-0.1, -0.05) is 0 Å². The van der Waals surface area contributed by atoms with E-state index in [1.165, 1.54) is 0 Å². The van der Waals surface area contributed by atoms with Crippen LogP contribution in [0.2, 0.25) is 0 Å². The average molecular weight is 272 g/mol. The van der Waals surface area contributed by atoms with Crippen LogP contribution in [0.25, 0.3) is 0 Å². The molecule has 0 saturated carbocycles. The van der Waals surface area contributed by atoms with Crippen LogP contribution in [0.1, 0.15) is 13.8 Å². The van der Waals surface area contributed by atoms with Gasteiger partial charge in [-0.2, -0.15) is 0 Å². The smallest absolute Gasteiger partial charge is 0.366 e. The molecule has 2 unspecified atom stereocenters. The zero-order valence-corrected chi connectivity index (χ0v) is 9.55. The third kappa shape index (κ3) is 5.35. The Morgan fingerprint density at radius 3 is 0.944 bits per heavy atom. The highest BCUT2D eigenvalue weighted by Crippen LogP contribution is 2.05. The van der Waals surface area contributed by atoms with Crippen molar-refractivity contribution in [1.29, 1.82) is 0 Å². The number of aliphatic hydroxyl groups excluding tert-OH is 2. The van der Waals surface area contributed by atoms with Crippen molar-refractivity contribution in [3.8, 4) is 0 Å². The number of carboxylic acid groups (broad SMARTS) is 2. The summed E-state index contributed by atoms with van der Waals surface area (Å²) in [6, 6.07) is 0. The molecule has 108 valence electrons. The molecule has 18 heavy (non-hydrogen) atoms. The van der Waals surface area contributed by atoms with E-state index in [0.717, 1.165) is 13.8 Å². The normalized spacial score (nSPS) is 15.1. The van der Waals surface area contributed by atoms with Crippen molar-refractivity contribution >= 4 is 11.9 Å². The van der Waals surface area contributed by atoms with Crippen molar-refractivity contribution in [2.24, 2.45) is 0 Å². The maximum atomic E-state index is 9.80. The van der Waals surface area contributed by atoms with Gasteiger partial charge in [0.15, 0.2) is 0 Å². The fraction of sp³-hybridized carbons (Fsp3) is 0.750. The third-order valence-corrected chi connectivity index (χ3v) is 1.79. The summed E-state index contributed by atoms with van der Waals surface area (Å²) in [4.78, 5) is 19.6. The van der Waals surface area contributed by atoms with Gasteiger partial charge < -0.3 is 40.9 Å². The van der Waals surface area contributed by atoms with Crippen LogP contribution in [0, 0.1) is 0 Å². The lowest BCUT2D eigenvalue weighted by Gasteiger charge is -2.18. The van der Waals surface area contributed by atoms with E-state index in [1.54, 1.807) is 0 Å². The van der Waals surface area contributed by atoms with Crippen LogP contribution in [0.15, 0.2) is 0 Å². The Morgan fingerprint density at radius 2 is 0.944 bits per heavy atom. The van der Waals surface area contributed by atoms with Gasteiger partial charge in [0.05, 0.1) is 0 Å². The second kappa shape index (κ2) is 6.58. The Hall–Kier alpha value is -1.30. The van der Waals surface area contributed by atoms with E-state index in [1.807, 2.05) is 0 Å². The van der Waals surface area contributed by atoms with Crippen LogP contribution in [-0.4, -0.2) is 76.6 Å². The molecule has 2 atom stereocenters. The minimum absolute atomic E-state index is 0.966. The summed E-state index contributed by atoms with van der Waals surface area (Å²) in [5, 5.41) is 66.1. The number of aliphatic hydroxyl groups is 6. The highest BCUT2D eigenvalue weighted by atomic mass is 16.6. The molecule has 0 aromatic carbocycles. The van der Waals surface area contributed by atoms with Gasteiger partial charge in [-0.25, -0.2) is 9.59 Å². The van der Waals surface area contributed by atoms with E-state index in [2.05, 4.69) is 0 Å². The molecular weight excluding hydrogens is 256 g/mol. The predicted molar refractivity (Wildman–Crippen MR) is 53.0 cm³/mol. The molecule has 0 saturated heterocycles. The number of rotatable bonds is 4. The molecule has 8 N–H and O–H groups in total. The van der Waals surface area contributed by atoms with Gasteiger partial charge in [-0.05, 0) is 13.8 Å². The van der Waals surface area contributed by atoms with Crippen LogP contribution >= 0.6 is 0 Å². The van der Waals surface area contributed by atoms with Crippen molar-refractivity contribution in [3.05, 3.63) is 0 Å². The Morgan fingerprint density at radius 1 is 0.778 bits per heavy atom. The topological polar surface area (TPSA) is 196 Å². The number of carbonyl (C=O) groups is 2. The van der Waals surface area contributed by atoms with Crippen molar-refractivity contribution in [2.45, 2.75) is 37.6 Å². The monoisotopic (exact) mass is 272 g/mol. The van der Waals surface area contributed by atoms with E-state index in [4.69, 9.17) is 40.9 Å². The largest absolute Gasteiger partial charge is 0.477 e. The molecule has 10 nitrogen and oxygen atoms in total. The summed E-state index contributed by atoms with van der Waals surface area (Å²) in [7, 11) is 0. The van der Waals surface area contributed by atoms with Gasteiger partial charge in [0.25, 0.3) is 11.6 Å². The lowest BCUT2D eigenvalue weighted by Crippen LogP contribution is -2.47. The lowest BCUT2D eigenvalue weighted by molar-refractivity contribution is -0.232. The van der Waals surface area contributed by atoms with Crippen LogP contribution in [-0.2, 0) is 9.59 Å². The highest BCUT2D eigenvalue weighted by molar-refractivity contribution is 5.75. The van der Waals surface area contributed by atoms with Crippen LogP contribution in [0.4, 0.5) is 0 Å². The lowest BCUT2D eigenvalue weighted by atomic mass is 10.2. The van der Waals surface area contributed by atoms with Gasteiger partial charge in [0.2, 0.25) is 0 Å². The first-order valence-corrected chi connectivity index (χ1v) is 4.50. The molecule has 0 radical (unpaired) electrons. The average Bonchev–Trinajstić information content (AvgIpc) is 2.17. The van der Waals surface area contributed by atoms with Gasteiger partial charge in [0, 0.05) is 0 Å². The molecule has 0 aliphatic carbocycles. The minimum atomic E-state index is -3.03. The number of hydrogen-bond acceptors (Lipinski definition) is 8. The quantitative estimate of drug-likeness (QED) is 0.235. The first-order chi connectivity index (χ1) is 7.77. The third-order valence-electron chi connectivity index (χ3n) is 1.79. The fourth-order valence-corrected chi connectivity index (χ4v) is 0.357. The first-order valence-electron chi connectivity index (χ1n) is 4.50. The summed E-state index contributed by atoms with van der Waals surface area (Å²) in [5.41, 5.74) is 0. The van der Waals surface area contributed by atoms with Gasteiger partial charge in [-0.15, -0.1) is 0 Å². The summed E-state index contributed by atoms with van der Waals surface area (Å²) < 4.78 is 0. The van der Waals surface area contributed by atoms with Crippen molar-refractivity contribution < 1.29 is 50.4 Å². The van der Waals surface area contributed by atoms with E-state index < -0.39 is 35.7 Å². The second-order valence-electron chi connectivity index (χ2n) is 3.41. The van der Waals surface area contributed by atoms with E-state index in [-0.39, 0.29) is 0 Å². The molecular formula is C8H16O10. The Labute approximate surface area is 101 Å². The van der Waals surface area contributed by atoms with Crippen molar-refractivity contribution in [2.75, 3.05) is 0 Å². The summed E-state index contributed by atoms with van der Waals surface area (Å²) in [6.07, 6.45) is -3.40. The molecule has 0 rings (SSSR count). The zero-order valence-electron chi connectivity index (χ0n) is 9.55. The van der Waals surface area contributed by atoms with E-state index >= 15 is 0 Å². The molecule has 0 aromatic rings. The van der Waals surface area contributed by atoms with E-state index in [0.29, 0.717) is 0 Å². The molecule has 0 amide bonds. The minimum Gasteiger partial charge on any atom is -0.477 e. The predicted octanol–water partition coefficient (Wildman–Crippen LogP) is -3.73. The van der Waals surface area contributed by atoms with Crippen molar-refractivity contribution in [1.82, 2.24) is 0 Å². The maximum Gasteiger partial charge on any atom is 0.366 e.